The lowest BCUT2D eigenvalue weighted by molar-refractivity contribution is 0.620. The van der Waals surface area contributed by atoms with Gasteiger partial charge in [0.15, 0.2) is 6.71 Å². The lowest BCUT2D eigenvalue weighted by Gasteiger charge is -2.17. The fourth-order valence-electron chi connectivity index (χ4n) is 2.42. The zero-order chi connectivity index (χ0) is 12.1. The van der Waals surface area contributed by atoms with Crippen LogP contribution in [0.3, 0.4) is 0 Å². The molecule has 1 heteroatoms. The predicted octanol–water partition coefficient (Wildman–Crippen LogP) is 3.94. The zero-order valence-electron chi connectivity index (χ0n) is 11.5. The minimum Gasteiger partial charge on any atom is -0.0817 e. The average molecular weight is 216 g/mol. The summed E-state index contributed by atoms with van der Waals surface area (Å²) in [5.41, 5.74) is 4.49. The summed E-state index contributed by atoms with van der Waals surface area (Å²) in [7, 11) is 0. The van der Waals surface area contributed by atoms with Gasteiger partial charge in [0.1, 0.15) is 0 Å². The van der Waals surface area contributed by atoms with Gasteiger partial charge in [-0.1, -0.05) is 81.0 Å². The van der Waals surface area contributed by atoms with Crippen molar-refractivity contribution < 1.29 is 0 Å². The van der Waals surface area contributed by atoms with E-state index in [2.05, 4.69) is 52.7 Å². The van der Waals surface area contributed by atoms with Crippen LogP contribution in [0.5, 0.6) is 0 Å². The summed E-state index contributed by atoms with van der Waals surface area (Å²) in [6, 6.07) is 6.94. The Hall–Kier alpha value is -0.715. The maximum atomic E-state index is 2.37. The Bertz CT molecular complexity index is 330. The molecule has 1 unspecified atom stereocenters. The van der Waals surface area contributed by atoms with Gasteiger partial charge in [0.25, 0.3) is 0 Å². The van der Waals surface area contributed by atoms with Crippen molar-refractivity contribution in [2.24, 2.45) is 5.92 Å². The van der Waals surface area contributed by atoms with Crippen molar-refractivity contribution in [3.8, 4) is 0 Å². The molecule has 16 heavy (non-hydrogen) atoms. The fraction of sp³-hybridized carbons (Fsp3) is 0.600. The first kappa shape index (κ1) is 13.4. The van der Waals surface area contributed by atoms with Gasteiger partial charge in [0.2, 0.25) is 0 Å². The Balaban J connectivity index is 2.85. The van der Waals surface area contributed by atoms with Crippen LogP contribution in [-0.4, -0.2) is 6.71 Å². The minimum absolute atomic E-state index is 0.700. The normalized spacial score (nSPS) is 12.6. The maximum absolute atomic E-state index is 2.37. The average Bonchev–Trinajstić information content (AvgIpc) is 2.28. The molecule has 0 radical (unpaired) electrons. The molecule has 1 aromatic carbocycles. The molecule has 0 saturated carbocycles. The second-order valence-electron chi connectivity index (χ2n) is 5.21. The molecule has 0 aliphatic rings. The van der Waals surface area contributed by atoms with Crippen LogP contribution in [0, 0.1) is 12.8 Å². The minimum atomic E-state index is 0.700. The summed E-state index contributed by atoms with van der Waals surface area (Å²) in [5, 5.41) is 0. The molecule has 0 aliphatic carbocycles. The quantitative estimate of drug-likeness (QED) is 0.654. The molecular formula is C15H25B. The van der Waals surface area contributed by atoms with E-state index < -0.39 is 0 Å². The molecule has 1 aromatic rings. The Morgan fingerprint density at radius 2 is 1.94 bits per heavy atom. The van der Waals surface area contributed by atoms with Gasteiger partial charge < -0.3 is 0 Å². The monoisotopic (exact) mass is 216 g/mol. The lowest BCUT2D eigenvalue weighted by atomic mass is 9.42. The smallest absolute Gasteiger partial charge is 0.0817 e. The predicted molar refractivity (Wildman–Crippen MR) is 76.1 cm³/mol. The molecule has 88 valence electrons. The molecule has 1 rings (SSSR count). The van der Waals surface area contributed by atoms with Crippen LogP contribution in [0.2, 0.25) is 13.1 Å². The van der Waals surface area contributed by atoms with E-state index in [0.717, 1.165) is 12.3 Å². The van der Waals surface area contributed by atoms with E-state index in [4.69, 9.17) is 0 Å². The van der Waals surface area contributed by atoms with Crippen molar-refractivity contribution in [1.29, 1.82) is 0 Å². The molecule has 0 amide bonds. The summed E-state index contributed by atoms with van der Waals surface area (Å²) in [6.45, 7) is 12.2. The summed E-state index contributed by atoms with van der Waals surface area (Å²) >= 11 is 0. The standard InChI is InChI=1S/C15H25B/c1-6-12(3)11-16(5)15-9-8-13(4)10-14(15)7-2/h8-10,12H,6-7,11H2,1-5H3. The summed E-state index contributed by atoms with van der Waals surface area (Å²) in [6.07, 6.45) is 3.76. The van der Waals surface area contributed by atoms with Crippen LogP contribution in [0.15, 0.2) is 18.2 Å². The molecule has 0 nitrogen and oxygen atoms in total. The molecule has 0 aliphatic heterocycles. The number of benzene rings is 1. The second-order valence-corrected chi connectivity index (χ2v) is 5.21. The number of rotatable bonds is 5. The van der Waals surface area contributed by atoms with Gasteiger partial charge in [-0.05, 0) is 13.3 Å². The highest BCUT2D eigenvalue weighted by Crippen LogP contribution is 2.13. The van der Waals surface area contributed by atoms with E-state index in [-0.39, 0.29) is 0 Å². The number of hydrogen-bond acceptors (Lipinski definition) is 0. The Kier molecular flexibility index (Phi) is 5.11. The van der Waals surface area contributed by atoms with Crippen molar-refractivity contribution in [2.45, 2.75) is 53.7 Å². The largest absolute Gasteiger partial charge is 0.173 e. The summed E-state index contributed by atoms with van der Waals surface area (Å²) in [4.78, 5) is 0. The van der Waals surface area contributed by atoms with Crippen LogP contribution in [0.1, 0.15) is 38.3 Å². The molecule has 0 bridgehead atoms. The van der Waals surface area contributed by atoms with E-state index in [1.165, 1.54) is 23.9 Å². The van der Waals surface area contributed by atoms with Crippen molar-refractivity contribution in [1.82, 2.24) is 0 Å². The van der Waals surface area contributed by atoms with Gasteiger partial charge in [-0.25, -0.2) is 0 Å². The Morgan fingerprint density at radius 1 is 1.25 bits per heavy atom. The third kappa shape index (κ3) is 3.40. The molecule has 0 spiro atoms. The van der Waals surface area contributed by atoms with E-state index >= 15 is 0 Å². The third-order valence-corrected chi connectivity index (χ3v) is 3.66. The van der Waals surface area contributed by atoms with E-state index in [1.807, 2.05) is 0 Å². The van der Waals surface area contributed by atoms with Gasteiger partial charge >= 0.3 is 0 Å². The summed E-state index contributed by atoms with van der Waals surface area (Å²) < 4.78 is 0. The molecular weight excluding hydrogens is 191 g/mol. The van der Waals surface area contributed by atoms with Crippen LogP contribution in [-0.2, 0) is 6.42 Å². The molecule has 0 heterocycles. The van der Waals surface area contributed by atoms with E-state index in [0.29, 0.717) is 6.71 Å². The second kappa shape index (κ2) is 6.13. The van der Waals surface area contributed by atoms with Crippen LogP contribution in [0.25, 0.3) is 0 Å². The highest BCUT2D eigenvalue weighted by molar-refractivity contribution is 6.72. The van der Waals surface area contributed by atoms with E-state index in [9.17, 15) is 0 Å². The topological polar surface area (TPSA) is 0 Å². The van der Waals surface area contributed by atoms with Gasteiger partial charge in [-0.15, -0.1) is 0 Å². The van der Waals surface area contributed by atoms with Gasteiger partial charge in [-0.3, -0.25) is 0 Å². The van der Waals surface area contributed by atoms with Crippen LogP contribution < -0.4 is 5.46 Å². The van der Waals surface area contributed by atoms with Gasteiger partial charge in [0, 0.05) is 0 Å². The highest BCUT2D eigenvalue weighted by atomic mass is 14.0. The Morgan fingerprint density at radius 3 is 2.50 bits per heavy atom. The lowest BCUT2D eigenvalue weighted by Crippen LogP contribution is -2.31. The van der Waals surface area contributed by atoms with Gasteiger partial charge in [0.05, 0.1) is 0 Å². The van der Waals surface area contributed by atoms with Crippen molar-refractivity contribution in [2.75, 3.05) is 0 Å². The van der Waals surface area contributed by atoms with Crippen molar-refractivity contribution >= 4 is 12.2 Å². The first-order valence-electron chi connectivity index (χ1n) is 6.67. The maximum Gasteiger partial charge on any atom is 0.173 e. The molecule has 0 saturated heterocycles. The van der Waals surface area contributed by atoms with Crippen molar-refractivity contribution in [3.05, 3.63) is 29.3 Å². The van der Waals surface area contributed by atoms with Crippen LogP contribution in [0.4, 0.5) is 0 Å². The van der Waals surface area contributed by atoms with Crippen LogP contribution >= 0.6 is 0 Å². The molecule has 0 N–H and O–H groups in total. The van der Waals surface area contributed by atoms with Gasteiger partial charge in [-0.2, -0.15) is 0 Å². The first-order valence-corrected chi connectivity index (χ1v) is 6.67. The molecule has 0 fully saturated rings. The fourth-order valence-corrected chi connectivity index (χ4v) is 2.42. The first-order chi connectivity index (χ1) is 7.58. The summed E-state index contributed by atoms with van der Waals surface area (Å²) in [5.74, 6) is 0.834. The SMILES string of the molecule is CCc1cc(C)ccc1B(C)CC(C)CC. The number of hydrogen-bond donors (Lipinski definition) is 0. The van der Waals surface area contributed by atoms with E-state index in [1.54, 1.807) is 5.46 Å². The zero-order valence-corrected chi connectivity index (χ0v) is 11.5. The number of aryl methyl sites for hydroxylation is 2. The molecule has 1 atom stereocenters. The van der Waals surface area contributed by atoms with Crippen molar-refractivity contribution in [3.63, 3.8) is 0 Å². The Labute approximate surface area is 102 Å². The highest BCUT2D eigenvalue weighted by Gasteiger charge is 2.15. The molecule has 0 aromatic heterocycles. The third-order valence-electron chi connectivity index (χ3n) is 3.66.